The molecule has 1 unspecified atom stereocenters. The Kier molecular flexibility index (Phi) is 4.79. The summed E-state index contributed by atoms with van der Waals surface area (Å²) in [4.78, 5) is 29.0. The van der Waals surface area contributed by atoms with Crippen LogP contribution in [-0.2, 0) is 4.79 Å². The number of aliphatic hydroxyl groups excluding tert-OH is 1. The third-order valence-electron chi connectivity index (χ3n) is 5.34. The second-order valence-electron chi connectivity index (χ2n) is 7.26. The number of Topliss-reactive ketones (excluding diaryl/α,β-unsaturated/α-hetero) is 1. The standard InChI is InChI=1S/C24H16BrNO4S/c1-13-5-2-3-6-16(13)26-21(19-7-4-10-31-19)20(23(28)24(26)29)22(27)18-12-14-11-15(25)8-9-17(14)30-18/h2-12,21,28H,1H3. The zero-order chi connectivity index (χ0) is 21.7. The number of benzene rings is 2. The quantitative estimate of drug-likeness (QED) is 0.336. The number of ketones is 1. The van der Waals surface area contributed by atoms with E-state index in [2.05, 4.69) is 15.9 Å². The molecule has 3 heterocycles. The molecule has 0 radical (unpaired) electrons. The fourth-order valence-corrected chi connectivity index (χ4v) is 5.10. The summed E-state index contributed by atoms with van der Waals surface area (Å²) in [5.41, 5.74) is 2.09. The van der Waals surface area contributed by atoms with E-state index in [1.54, 1.807) is 12.1 Å². The van der Waals surface area contributed by atoms with Crippen molar-refractivity contribution in [2.45, 2.75) is 13.0 Å². The Morgan fingerprint density at radius 1 is 1.13 bits per heavy atom. The smallest absolute Gasteiger partial charge is 0.294 e. The Bertz CT molecular complexity index is 1370. The normalized spacial score (nSPS) is 16.5. The maximum absolute atomic E-state index is 13.5. The Hall–Kier alpha value is -3.16. The van der Waals surface area contributed by atoms with Crippen molar-refractivity contribution in [1.29, 1.82) is 0 Å². The van der Waals surface area contributed by atoms with E-state index in [1.807, 2.05) is 60.8 Å². The van der Waals surface area contributed by atoms with E-state index in [0.717, 1.165) is 20.3 Å². The van der Waals surface area contributed by atoms with Crippen molar-refractivity contribution >= 4 is 55.6 Å². The number of carbonyl (C=O) groups is 2. The van der Waals surface area contributed by atoms with Crippen LogP contribution < -0.4 is 4.90 Å². The molecule has 0 saturated carbocycles. The van der Waals surface area contributed by atoms with E-state index in [1.165, 1.54) is 16.2 Å². The van der Waals surface area contributed by atoms with Gasteiger partial charge in [-0.3, -0.25) is 14.5 Å². The summed E-state index contributed by atoms with van der Waals surface area (Å²) in [6.45, 7) is 1.89. The summed E-state index contributed by atoms with van der Waals surface area (Å²) in [5, 5.41) is 13.5. The first-order chi connectivity index (χ1) is 15.0. The number of nitrogens with zero attached hydrogens (tertiary/aromatic N) is 1. The van der Waals surface area contributed by atoms with Crippen LogP contribution in [0.4, 0.5) is 5.69 Å². The molecule has 7 heteroatoms. The number of anilines is 1. The highest BCUT2D eigenvalue weighted by atomic mass is 79.9. The molecule has 1 amide bonds. The van der Waals surface area contributed by atoms with E-state index in [4.69, 9.17) is 4.42 Å². The number of rotatable bonds is 4. The van der Waals surface area contributed by atoms with Crippen LogP contribution >= 0.6 is 27.3 Å². The number of amides is 1. The van der Waals surface area contributed by atoms with Gasteiger partial charge < -0.3 is 9.52 Å². The molecule has 154 valence electrons. The number of hydrogen-bond acceptors (Lipinski definition) is 5. The van der Waals surface area contributed by atoms with Crippen LogP contribution in [0.3, 0.4) is 0 Å². The number of aryl methyl sites for hydroxylation is 1. The Morgan fingerprint density at radius 3 is 2.68 bits per heavy atom. The maximum atomic E-state index is 13.5. The highest BCUT2D eigenvalue weighted by molar-refractivity contribution is 9.10. The molecule has 2 aromatic heterocycles. The van der Waals surface area contributed by atoms with Crippen LogP contribution in [0.25, 0.3) is 11.0 Å². The number of fused-ring (bicyclic) bond motifs is 1. The first kappa shape index (κ1) is 19.8. The number of hydrogen-bond donors (Lipinski definition) is 1. The second-order valence-corrected chi connectivity index (χ2v) is 9.16. The van der Waals surface area contributed by atoms with E-state index < -0.39 is 23.5 Å². The van der Waals surface area contributed by atoms with Gasteiger partial charge in [0.15, 0.2) is 11.5 Å². The lowest BCUT2D eigenvalue weighted by atomic mass is 9.99. The summed E-state index contributed by atoms with van der Waals surface area (Å²) in [6.07, 6.45) is 0. The molecule has 0 bridgehead atoms. The number of thiophene rings is 1. The lowest BCUT2D eigenvalue weighted by molar-refractivity contribution is -0.117. The average molecular weight is 494 g/mol. The van der Waals surface area contributed by atoms with Crippen LogP contribution in [0, 0.1) is 6.92 Å². The van der Waals surface area contributed by atoms with Gasteiger partial charge in [-0.15, -0.1) is 11.3 Å². The van der Waals surface area contributed by atoms with Gasteiger partial charge >= 0.3 is 0 Å². The second kappa shape index (κ2) is 7.51. The van der Waals surface area contributed by atoms with Crippen molar-refractivity contribution in [2.24, 2.45) is 0 Å². The maximum Gasteiger partial charge on any atom is 0.294 e. The molecule has 0 spiro atoms. The van der Waals surface area contributed by atoms with Crippen LogP contribution in [0.1, 0.15) is 27.0 Å². The molecule has 5 nitrogen and oxygen atoms in total. The van der Waals surface area contributed by atoms with Crippen molar-refractivity contribution in [3.05, 3.63) is 98.0 Å². The SMILES string of the molecule is Cc1ccccc1N1C(=O)C(O)=C(C(=O)c2cc3cc(Br)ccc3o2)C1c1cccs1. The zero-order valence-corrected chi connectivity index (χ0v) is 18.7. The third kappa shape index (κ3) is 3.21. The van der Waals surface area contributed by atoms with E-state index in [0.29, 0.717) is 11.3 Å². The molecule has 1 aliphatic heterocycles. The van der Waals surface area contributed by atoms with Crippen LogP contribution in [-0.4, -0.2) is 16.8 Å². The molecule has 2 aromatic carbocycles. The Morgan fingerprint density at radius 2 is 1.94 bits per heavy atom. The highest BCUT2D eigenvalue weighted by Crippen LogP contribution is 2.44. The number of carbonyl (C=O) groups excluding carboxylic acids is 2. The van der Waals surface area contributed by atoms with Crippen molar-refractivity contribution in [2.75, 3.05) is 4.90 Å². The predicted molar refractivity (Wildman–Crippen MR) is 124 cm³/mol. The average Bonchev–Trinajstić information content (AvgIpc) is 3.47. The fourth-order valence-electron chi connectivity index (χ4n) is 3.89. The number of para-hydroxylation sites is 1. The van der Waals surface area contributed by atoms with Gasteiger partial charge in [-0.2, -0.15) is 0 Å². The van der Waals surface area contributed by atoms with Crippen LogP contribution in [0.2, 0.25) is 0 Å². The van der Waals surface area contributed by atoms with Crippen molar-refractivity contribution in [1.82, 2.24) is 0 Å². The van der Waals surface area contributed by atoms with Crippen molar-refractivity contribution < 1.29 is 19.1 Å². The van der Waals surface area contributed by atoms with E-state index in [9.17, 15) is 14.7 Å². The van der Waals surface area contributed by atoms with Crippen LogP contribution in [0.5, 0.6) is 0 Å². The first-order valence-electron chi connectivity index (χ1n) is 9.55. The zero-order valence-electron chi connectivity index (χ0n) is 16.3. The van der Waals surface area contributed by atoms with E-state index >= 15 is 0 Å². The summed E-state index contributed by atoms with van der Waals surface area (Å²) in [7, 11) is 0. The number of halogens is 1. The molecular formula is C24H16BrNO4S. The van der Waals surface area contributed by atoms with Gasteiger partial charge in [0.1, 0.15) is 11.6 Å². The lowest BCUT2D eigenvalue weighted by Gasteiger charge is -2.26. The highest BCUT2D eigenvalue weighted by Gasteiger charge is 2.46. The van der Waals surface area contributed by atoms with Gasteiger partial charge in [-0.1, -0.05) is 40.2 Å². The van der Waals surface area contributed by atoms with Crippen molar-refractivity contribution in [3.8, 4) is 0 Å². The van der Waals surface area contributed by atoms with Gasteiger partial charge in [-0.25, -0.2) is 0 Å². The molecule has 1 atom stereocenters. The van der Waals surface area contributed by atoms with Gasteiger partial charge in [0.2, 0.25) is 5.78 Å². The molecule has 1 N–H and O–H groups in total. The molecule has 31 heavy (non-hydrogen) atoms. The summed E-state index contributed by atoms with van der Waals surface area (Å²) in [6, 6.07) is 17.5. The molecule has 0 fully saturated rings. The number of furan rings is 1. The molecule has 1 aliphatic rings. The van der Waals surface area contributed by atoms with E-state index in [-0.39, 0.29) is 11.3 Å². The molecule has 0 saturated heterocycles. The third-order valence-corrected chi connectivity index (χ3v) is 6.76. The van der Waals surface area contributed by atoms with Crippen molar-refractivity contribution in [3.63, 3.8) is 0 Å². The summed E-state index contributed by atoms with van der Waals surface area (Å²) >= 11 is 4.84. The lowest BCUT2D eigenvalue weighted by Crippen LogP contribution is -2.31. The van der Waals surface area contributed by atoms with Gasteiger partial charge in [0.05, 0.1) is 5.57 Å². The van der Waals surface area contributed by atoms with Crippen LogP contribution in [0.15, 0.2) is 86.3 Å². The predicted octanol–water partition coefficient (Wildman–Crippen LogP) is 6.35. The van der Waals surface area contributed by atoms with Gasteiger partial charge in [0, 0.05) is 20.4 Å². The molecule has 4 aromatic rings. The molecule has 5 rings (SSSR count). The van der Waals surface area contributed by atoms with Gasteiger partial charge in [0.25, 0.3) is 5.91 Å². The first-order valence-corrected chi connectivity index (χ1v) is 11.2. The Balaban J connectivity index is 1.66. The monoisotopic (exact) mass is 493 g/mol. The van der Waals surface area contributed by atoms with Gasteiger partial charge in [-0.05, 0) is 54.3 Å². The fraction of sp³-hybridized carbons (Fsp3) is 0.0833. The minimum atomic E-state index is -0.735. The Labute approximate surface area is 190 Å². The number of aliphatic hydroxyl groups is 1. The largest absolute Gasteiger partial charge is 0.503 e. The minimum absolute atomic E-state index is 0.0221. The summed E-state index contributed by atoms with van der Waals surface area (Å²) in [5.74, 6) is -1.58. The molecular weight excluding hydrogens is 478 g/mol. The topological polar surface area (TPSA) is 70.8 Å². The minimum Gasteiger partial charge on any atom is -0.503 e. The summed E-state index contributed by atoms with van der Waals surface area (Å²) < 4.78 is 6.63. The molecule has 0 aliphatic carbocycles.